The highest BCUT2D eigenvalue weighted by Crippen LogP contribution is 2.25. The fraction of sp³-hybridized carbons (Fsp3) is 0.294. The van der Waals surface area contributed by atoms with Crippen molar-refractivity contribution in [3.05, 3.63) is 52.3 Å². The largest absolute Gasteiger partial charge is 0.481 e. The highest BCUT2D eigenvalue weighted by atomic mass is 35.5. The average Bonchev–Trinajstić information content (AvgIpc) is 3.09. The first kappa shape index (κ1) is 22.3. The van der Waals surface area contributed by atoms with Gasteiger partial charge in [-0.2, -0.15) is 4.80 Å². The Bertz CT molecular complexity index is 897. The minimum Gasteiger partial charge on any atom is -0.481 e. The van der Waals surface area contributed by atoms with Crippen LogP contribution in [0.1, 0.15) is 17.8 Å². The van der Waals surface area contributed by atoms with Crippen LogP contribution in [0.15, 0.2) is 30.9 Å². The SMILES string of the molecule is C=CCOC(=O)NC(CC(=O)O)C(=O)Cn1nnc(Cc2c(Cl)cccc2Cl)n1. The fourth-order valence-corrected chi connectivity index (χ4v) is 2.79. The van der Waals surface area contributed by atoms with Crippen molar-refractivity contribution in [3.63, 3.8) is 0 Å². The Labute approximate surface area is 175 Å². The summed E-state index contributed by atoms with van der Waals surface area (Å²) in [6.07, 6.45) is -0.0410. The van der Waals surface area contributed by atoms with Gasteiger partial charge in [0, 0.05) is 16.5 Å². The number of hydrogen-bond donors (Lipinski definition) is 2. The topological polar surface area (TPSA) is 136 Å². The molecule has 2 N–H and O–H groups in total. The summed E-state index contributed by atoms with van der Waals surface area (Å²) in [6, 6.07) is 3.72. The van der Waals surface area contributed by atoms with Crippen molar-refractivity contribution in [1.29, 1.82) is 0 Å². The molecule has 1 aromatic carbocycles. The number of amides is 1. The van der Waals surface area contributed by atoms with Gasteiger partial charge in [0.15, 0.2) is 11.6 Å². The van der Waals surface area contributed by atoms with Gasteiger partial charge in [-0.3, -0.25) is 9.59 Å². The molecule has 0 bridgehead atoms. The number of halogens is 2. The van der Waals surface area contributed by atoms with Gasteiger partial charge in [-0.05, 0) is 22.9 Å². The molecule has 0 aliphatic heterocycles. The quantitative estimate of drug-likeness (QED) is 0.533. The normalized spacial score (nSPS) is 11.5. The molecule has 1 heterocycles. The van der Waals surface area contributed by atoms with Crippen molar-refractivity contribution in [3.8, 4) is 0 Å². The standard InChI is InChI=1S/C17H17Cl2N5O5/c1-2-6-29-17(28)20-13(8-16(26)27)14(25)9-24-22-15(21-23-24)7-10-11(18)4-3-5-12(10)19/h2-5,13H,1,6-9H2,(H,20,28)(H,26,27). The van der Waals surface area contributed by atoms with E-state index in [1.807, 2.05) is 0 Å². The number of nitrogens with zero attached hydrogens (tertiary/aromatic N) is 4. The number of ketones is 1. The second-order valence-electron chi connectivity index (χ2n) is 5.76. The first-order chi connectivity index (χ1) is 13.8. The van der Waals surface area contributed by atoms with E-state index in [1.165, 1.54) is 6.08 Å². The predicted octanol–water partition coefficient (Wildman–Crippen LogP) is 1.90. The molecule has 12 heteroatoms. The van der Waals surface area contributed by atoms with Crippen molar-refractivity contribution >= 4 is 41.0 Å². The summed E-state index contributed by atoms with van der Waals surface area (Å²) in [7, 11) is 0. The van der Waals surface area contributed by atoms with Crippen LogP contribution in [0.3, 0.4) is 0 Å². The second kappa shape index (κ2) is 10.5. The fourth-order valence-electron chi connectivity index (χ4n) is 2.26. The molecule has 1 atom stereocenters. The van der Waals surface area contributed by atoms with E-state index in [9.17, 15) is 14.4 Å². The van der Waals surface area contributed by atoms with Crippen molar-refractivity contribution < 1.29 is 24.2 Å². The van der Waals surface area contributed by atoms with Gasteiger partial charge in [0.25, 0.3) is 0 Å². The molecule has 1 aromatic heterocycles. The molecule has 0 fully saturated rings. The van der Waals surface area contributed by atoms with Crippen LogP contribution in [0.4, 0.5) is 4.79 Å². The maximum absolute atomic E-state index is 12.4. The number of tetrazole rings is 1. The Morgan fingerprint density at radius 3 is 2.62 bits per heavy atom. The van der Waals surface area contributed by atoms with E-state index in [1.54, 1.807) is 18.2 Å². The van der Waals surface area contributed by atoms with Crippen molar-refractivity contribution in [2.24, 2.45) is 0 Å². The van der Waals surface area contributed by atoms with Crippen LogP contribution in [0, 0.1) is 0 Å². The van der Waals surface area contributed by atoms with E-state index in [2.05, 4.69) is 27.3 Å². The van der Waals surface area contributed by atoms with Gasteiger partial charge in [0.1, 0.15) is 19.2 Å². The van der Waals surface area contributed by atoms with Gasteiger partial charge in [-0.25, -0.2) is 4.79 Å². The van der Waals surface area contributed by atoms with Gasteiger partial charge < -0.3 is 15.2 Å². The number of carbonyl (C=O) groups excluding carboxylic acids is 2. The zero-order chi connectivity index (χ0) is 21.4. The second-order valence-corrected chi connectivity index (χ2v) is 6.58. The first-order valence-electron chi connectivity index (χ1n) is 8.28. The molecular formula is C17H17Cl2N5O5. The lowest BCUT2D eigenvalue weighted by molar-refractivity contribution is -0.139. The molecule has 0 aliphatic rings. The summed E-state index contributed by atoms with van der Waals surface area (Å²) in [5.74, 6) is -1.64. The van der Waals surface area contributed by atoms with Crippen LogP contribution < -0.4 is 5.32 Å². The number of aromatic nitrogens is 4. The smallest absolute Gasteiger partial charge is 0.408 e. The summed E-state index contributed by atoms with van der Waals surface area (Å²) in [6.45, 7) is 2.90. The zero-order valence-electron chi connectivity index (χ0n) is 15.0. The first-order valence-corrected chi connectivity index (χ1v) is 9.04. The van der Waals surface area contributed by atoms with Crippen LogP contribution in [-0.4, -0.2) is 55.8 Å². The Morgan fingerprint density at radius 2 is 2.00 bits per heavy atom. The molecule has 1 unspecified atom stereocenters. The predicted molar refractivity (Wildman–Crippen MR) is 103 cm³/mol. The van der Waals surface area contributed by atoms with Crippen LogP contribution in [0.25, 0.3) is 0 Å². The van der Waals surface area contributed by atoms with Gasteiger partial charge in [0.05, 0.1) is 6.42 Å². The van der Waals surface area contributed by atoms with Gasteiger partial charge in [0.2, 0.25) is 0 Å². The van der Waals surface area contributed by atoms with Crippen LogP contribution in [-0.2, 0) is 27.3 Å². The van der Waals surface area contributed by atoms with Crippen molar-refractivity contribution in [1.82, 2.24) is 25.5 Å². The van der Waals surface area contributed by atoms with E-state index in [0.29, 0.717) is 15.6 Å². The Hall–Kier alpha value is -2.98. The van der Waals surface area contributed by atoms with E-state index >= 15 is 0 Å². The molecule has 154 valence electrons. The molecule has 29 heavy (non-hydrogen) atoms. The van der Waals surface area contributed by atoms with Crippen molar-refractivity contribution in [2.45, 2.75) is 25.4 Å². The number of alkyl carbamates (subject to hydrolysis) is 1. The number of carbonyl (C=O) groups is 3. The summed E-state index contributed by atoms with van der Waals surface area (Å²) in [5.41, 5.74) is 0.608. The average molecular weight is 442 g/mol. The van der Waals surface area contributed by atoms with Gasteiger partial charge in [-0.1, -0.05) is 41.9 Å². The number of nitrogens with one attached hydrogen (secondary N) is 1. The van der Waals surface area contributed by atoms with E-state index < -0.39 is 36.9 Å². The molecule has 1 amide bonds. The molecule has 0 spiro atoms. The Balaban J connectivity index is 2.05. The third kappa shape index (κ3) is 6.84. The summed E-state index contributed by atoms with van der Waals surface area (Å²) < 4.78 is 4.71. The minimum absolute atomic E-state index is 0.0849. The molecule has 0 saturated carbocycles. The molecule has 10 nitrogen and oxygen atoms in total. The number of carboxylic acids is 1. The molecule has 2 aromatic rings. The summed E-state index contributed by atoms with van der Waals surface area (Å²) >= 11 is 12.2. The lowest BCUT2D eigenvalue weighted by Gasteiger charge is -2.15. The number of rotatable bonds is 10. The molecule has 0 aliphatic carbocycles. The van der Waals surface area contributed by atoms with E-state index in [4.69, 9.17) is 33.0 Å². The monoisotopic (exact) mass is 441 g/mol. The van der Waals surface area contributed by atoms with Crippen LogP contribution in [0.2, 0.25) is 10.0 Å². The molecule has 0 saturated heterocycles. The highest BCUT2D eigenvalue weighted by Gasteiger charge is 2.25. The van der Waals surface area contributed by atoms with Gasteiger partial charge >= 0.3 is 12.1 Å². The number of ether oxygens (including phenoxy) is 1. The molecule has 2 rings (SSSR count). The van der Waals surface area contributed by atoms with Crippen LogP contribution in [0.5, 0.6) is 0 Å². The Kier molecular flexibility index (Phi) is 8.10. The number of Topliss-reactive ketones (excluding diaryl/α,β-unsaturated/α-hetero) is 1. The lowest BCUT2D eigenvalue weighted by Crippen LogP contribution is -2.44. The van der Waals surface area contributed by atoms with Crippen LogP contribution >= 0.6 is 23.2 Å². The third-order valence-corrected chi connectivity index (χ3v) is 4.29. The number of carboxylic acid groups (broad SMARTS) is 1. The minimum atomic E-state index is -1.32. The number of aliphatic carboxylic acids is 1. The molecule has 0 radical (unpaired) electrons. The zero-order valence-corrected chi connectivity index (χ0v) is 16.6. The summed E-state index contributed by atoms with van der Waals surface area (Å²) in [4.78, 5) is 36.0. The maximum Gasteiger partial charge on any atom is 0.408 e. The maximum atomic E-state index is 12.4. The van der Waals surface area contributed by atoms with Crippen molar-refractivity contribution in [2.75, 3.05) is 6.61 Å². The van der Waals surface area contributed by atoms with Gasteiger partial charge in [-0.15, -0.1) is 10.2 Å². The summed E-state index contributed by atoms with van der Waals surface area (Å²) in [5, 5.41) is 23.7. The number of hydrogen-bond acceptors (Lipinski definition) is 7. The Morgan fingerprint density at radius 1 is 1.31 bits per heavy atom. The number of benzene rings is 1. The third-order valence-electron chi connectivity index (χ3n) is 3.58. The molecular weight excluding hydrogens is 425 g/mol. The highest BCUT2D eigenvalue weighted by molar-refractivity contribution is 6.36. The lowest BCUT2D eigenvalue weighted by atomic mass is 10.1. The van der Waals surface area contributed by atoms with E-state index in [0.717, 1.165) is 4.80 Å². The van der Waals surface area contributed by atoms with E-state index in [-0.39, 0.29) is 18.9 Å².